The van der Waals surface area contributed by atoms with E-state index in [1.807, 2.05) is 13.0 Å². The molecule has 8 nitrogen and oxygen atoms in total. The van der Waals surface area contributed by atoms with E-state index in [1.54, 1.807) is 23.1 Å². The fourth-order valence-corrected chi connectivity index (χ4v) is 4.58. The van der Waals surface area contributed by atoms with Crippen LogP contribution in [0.5, 0.6) is 5.75 Å². The second-order valence-corrected chi connectivity index (χ2v) is 8.50. The Labute approximate surface area is 225 Å². The monoisotopic (exact) mass is 568 g/mol. The number of aryl methyl sites for hydroxylation is 1. The summed E-state index contributed by atoms with van der Waals surface area (Å²) in [5, 5.41) is 7.52. The van der Waals surface area contributed by atoms with Crippen LogP contribution >= 0.6 is 10.1 Å². The average molecular weight is 569 g/mol. The van der Waals surface area contributed by atoms with Crippen LogP contribution in [-0.4, -0.2) is 27.7 Å². The summed E-state index contributed by atoms with van der Waals surface area (Å²) in [5.41, 5.74) is 16.5. The van der Waals surface area contributed by atoms with Crippen LogP contribution in [0.1, 0.15) is 36.6 Å². The van der Waals surface area contributed by atoms with Gasteiger partial charge in [0.05, 0.1) is 12.9 Å². The number of anilines is 1. The number of hydrogen-bond donors (Lipinski definition) is 3. The standard InChI is InChI=1S/C25H25F2N7O.ClH.Fe/c1-14-32-13-34(33-14)22-7-5-16(28)10-23(22)35-8-2-3-18-19(17-6-4-15(26)9-21(17)27)11-20-24(18)30-12-31-25(20)29;;/h4-7,9-10,12-13,19H,2-3,8,11,28-29H2,1H3,(H,30,31);1H;/q;;+1/p-1. The Kier molecular flexibility index (Phi) is 8.48. The number of nitrogens with one attached hydrogen (secondary N) is 1. The van der Waals surface area contributed by atoms with Crippen LogP contribution in [0.3, 0.4) is 0 Å². The Bertz CT molecular complexity index is 1390. The number of hydrogen-bond acceptors (Lipinski definition) is 7. The number of benzene rings is 2. The van der Waals surface area contributed by atoms with Gasteiger partial charge in [-0.05, 0) is 55.5 Å². The summed E-state index contributed by atoms with van der Waals surface area (Å²) in [6.07, 6.45) is 4.92. The number of allylic oxidation sites excluding steroid dienone is 2. The summed E-state index contributed by atoms with van der Waals surface area (Å²) >= 11 is 2.72. The van der Waals surface area contributed by atoms with E-state index in [2.05, 4.69) is 45.6 Å². The first-order valence-electron chi connectivity index (χ1n) is 11.4. The minimum absolute atomic E-state index is 0.269. The zero-order valence-electron chi connectivity index (χ0n) is 19.9. The van der Waals surface area contributed by atoms with Crippen LogP contribution in [-0.2, 0) is 15.1 Å². The Morgan fingerprint density at radius 3 is 2.73 bits per heavy atom. The van der Waals surface area contributed by atoms with Gasteiger partial charge in [-0.1, -0.05) is 6.07 Å². The maximum absolute atomic E-state index is 14.7. The first-order valence-corrected chi connectivity index (χ1v) is 12.9. The van der Waals surface area contributed by atoms with Crippen molar-refractivity contribution in [1.82, 2.24) is 20.1 Å². The molecule has 5 rings (SSSR count). The minimum atomic E-state index is -0.607. The van der Waals surface area contributed by atoms with E-state index in [0.717, 1.165) is 28.6 Å². The zero-order chi connectivity index (χ0) is 26.5. The molecule has 0 radical (unpaired) electrons. The molecule has 1 unspecified atom stereocenters. The molecule has 2 aliphatic rings. The number of fused-ring (bicyclic) bond motifs is 1. The molecule has 1 aromatic heterocycles. The van der Waals surface area contributed by atoms with Crippen molar-refractivity contribution in [3.63, 3.8) is 0 Å². The van der Waals surface area contributed by atoms with E-state index in [4.69, 9.17) is 16.2 Å². The van der Waals surface area contributed by atoms with Crippen LogP contribution in [0.4, 0.5) is 14.5 Å². The third kappa shape index (κ3) is 5.79. The van der Waals surface area contributed by atoms with Gasteiger partial charge in [0.2, 0.25) is 0 Å². The number of nitrogens with zero attached hydrogens (tertiary/aromatic N) is 4. The van der Waals surface area contributed by atoms with Gasteiger partial charge in [-0.15, -0.1) is 0 Å². The quantitative estimate of drug-likeness (QED) is 0.219. The van der Waals surface area contributed by atoms with E-state index < -0.39 is 11.6 Å². The number of aliphatic imine (C=N–C) groups is 1. The van der Waals surface area contributed by atoms with Crippen LogP contribution in [0, 0.1) is 18.6 Å². The Morgan fingerprint density at radius 2 is 2.00 bits per heavy atom. The molecular weight excluding hydrogens is 544 g/mol. The molecule has 0 saturated carbocycles. The molecular formula is C25H25ClF2FeN7O. The molecule has 0 saturated heterocycles. The molecule has 2 aromatic carbocycles. The van der Waals surface area contributed by atoms with E-state index in [1.165, 1.54) is 18.5 Å². The van der Waals surface area contributed by atoms with Gasteiger partial charge >= 0.3 is 25.2 Å². The van der Waals surface area contributed by atoms with Gasteiger partial charge in [-0.25, -0.2) is 23.4 Å². The second kappa shape index (κ2) is 11.8. The molecule has 0 fully saturated rings. The average Bonchev–Trinajstić information content (AvgIpc) is 3.47. The van der Waals surface area contributed by atoms with Crippen LogP contribution in [0.2, 0.25) is 0 Å². The van der Waals surface area contributed by atoms with Crippen molar-refractivity contribution in [1.29, 1.82) is 0 Å². The van der Waals surface area contributed by atoms with Crippen molar-refractivity contribution in [2.24, 2.45) is 10.7 Å². The molecule has 1 aliphatic heterocycles. The summed E-state index contributed by atoms with van der Waals surface area (Å²) in [5.74, 6) is 0.195. The summed E-state index contributed by atoms with van der Waals surface area (Å²) in [4.78, 5) is 8.31. The van der Waals surface area contributed by atoms with Gasteiger partial charge in [-0.2, -0.15) is 5.10 Å². The molecule has 1 atom stereocenters. The van der Waals surface area contributed by atoms with E-state index in [9.17, 15) is 8.78 Å². The van der Waals surface area contributed by atoms with E-state index >= 15 is 0 Å². The van der Waals surface area contributed by atoms with Crippen molar-refractivity contribution >= 4 is 22.1 Å². The fraction of sp³-hybridized carbons (Fsp3) is 0.240. The number of nitrogens with two attached hydrogens (primary N) is 2. The van der Waals surface area contributed by atoms with Gasteiger partial charge in [-0.3, -0.25) is 0 Å². The van der Waals surface area contributed by atoms with Crippen LogP contribution in [0.15, 0.2) is 70.4 Å². The molecule has 12 heteroatoms. The Balaban J connectivity index is 0.00000156. The fourth-order valence-electron chi connectivity index (χ4n) is 4.58. The summed E-state index contributed by atoms with van der Waals surface area (Å²) in [6, 6.07) is 9.05. The second-order valence-electron chi connectivity index (χ2n) is 8.50. The molecule has 3 aromatic rings. The summed E-state index contributed by atoms with van der Waals surface area (Å²) in [7, 11) is 4.39. The first-order chi connectivity index (χ1) is 17.9. The summed E-state index contributed by atoms with van der Waals surface area (Å²) < 4.78 is 36.0. The van der Waals surface area contributed by atoms with Gasteiger partial charge < -0.3 is 21.5 Å². The van der Waals surface area contributed by atoms with E-state index in [0.29, 0.717) is 54.5 Å². The third-order valence-corrected chi connectivity index (χ3v) is 6.20. The molecule has 5 N–H and O–H groups in total. The van der Waals surface area contributed by atoms with Gasteiger partial charge in [0.15, 0.2) is 0 Å². The number of aromatic nitrogens is 3. The Hall–Kier alpha value is -3.40. The number of halogens is 3. The maximum atomic E-state index is 14.7. The molecule has 0 amide bonds. The van der Waals surface area contributed by atoms with Crippen molar-refractivity contribution in [2.75, 3.05) is 12.3 Å². The molecule has 1 aliphatic carbocycles. The zero-order valence-corrected chi connectivity index (χ0v) is 21.7. The van der Waals surface area contributed by atoms with Crippen molar-refractivity contribution in [2.45, 2.75) is 32.1 Å². The molecule has 0 spiro atoms. The topological polar surface area (TPSA) is 116 Å². The van der Waals surface area contributed by atoms with Gasteiger partial charge in [0, 0.05) is 35.0 Å². The number of rotatable bonds is 7. The molecule has 37 heavy (non-hydrogen) atoms. The predicted octanol–water partition coefficient (Wildman–Crippen LogP) is 4.53. The van der Waals surface area contributed by atoms with Crippen LogP contribution < -0.4 is 21.5 Å². The molecule has 0 bridgehead atoms. The number of ether oxygens (including phenoxy) is 1. The van der Waals surface area contributed by atoms with Crippen molar-refractivity contribution in [3.05, 3.63) is 88.4 Å². The predicted molar refractivity (Wildman–Crippen MR) is 135 cm³/mol. The normalized spacial score (nSPS) is 16.3. The van der Waals surface area contributed by atoms with Gasteiger partial charge in [0.25, 0.3) is 0 Å². The third-order valence-electron chi connectivity index (χ3n) is 6.20. The molecule has 2 heterocycles. The van der Waals surface area contributed by atoms with E-state index in [-0.39, 0.29) is 5.92 Å². The molecule has 195 valence electrons. The van der Waals surface area contributed by atoms with Crippen molar-refractivity contribution < 1.29 is 28.6 Å². The summed E-state index contributed by atoms with van der Waals surface area (Å²) in [6.45, 7) is 2.20. The van der Waals surface area contributed by atoms with Gasteiger partial charge in [0.1, 0.15) is 41.0 Å². The number of nitrogen functional groups attached to an aromatic ring is 1. The van der Waals surface area contributed by atoms with Crippen molar-refractivity contribution in [3.8, 4) is 11.4 Å². The SMILES string of the molecule is Cc1ncn(-c2ccc(N)cc2OCCCC2=C3NC=NC(N)=C3CC2c2ccc(F)cc2F)n1.[Cl][Fe]. The van der Waals surface area contributed by atoms with Crippen LogP contribution in [0.25, 0.3) is 5.69 Å². The Morgan fingerprint density at radius 1 is 1.19 bits per heavy atom. The first kappa shape index (κ1) is 26.7.